The topological polar surface area (TPSA) is 15.3 Å². The summed E-state index contributed by atoms with van der Waals surface area (Å²) in [4.78, 5) is 2.60. The first-order valence-electron chi connectivity index (χ1n) is 6.98. The molecule has 2 nitrogen and oxygen atoms in total. The van der Waals surface area contributed by atoms with E-state index in [1.54, 1.807) is 0 Å². The number of hydrogen-bond acceptors (Lipinski definition) is 2. The molecule has 0 radical (unpaired) electrons. The van der Waals surface area contributed by atoms with E-state index >= 15 is 0 Å². The number of nitrogens with zero attached hydrogens (tertiary/aromatic N) is 1. The van der Waals surface area contributed by atoms with Crippen LogP contribution in [-0.4, -0.2) is 37.6 Å². The molecule has 0 spiro atoms. The smallest absolute Gasteiger partial charge is 0.0229 e. The number of nitrogens with one attached hydrogen (secondary N) is 1. The van der Waals surface area contributed by atoms with Gasteiger partial charge in [-0.05, 0) is 57.0 Å². The van der Waals surface area contributed by atoms with Gasteiger partial charge in [-0.25, -0.2) is 0 Å². The van der Waals surface area contributed by atoms with E-state index in [-0.39, 0.29) is 12.4 Å². The molecule has 1 atom stereocenters. The van der Waals surface area contributed by atoms with Crippen molar-refractivity contribution in [3.05, 3.63) is 0 Å². The van der Waals surface area contributed by atoms with E-state index in [0.29, 0.717) is 5.41 Å². The Labute approximate surface area is 113 Å². The van der Waals surface area contributed by atoms with Crippen molar-refractivity contribution in [3.8, 4) is 0 Å². The van der Waals surface area contributed by atoms with Crippen molar-refractivity contribution in [3.63, 3.8) is 0 Å². The Hall–Kier alpha value is 0.210. The molecule has 1 saturated heterocycles. The minimum atomic E-state index is 0. The molecule has 1 aliphatic heterocycles. The second-order valence-corrected chi connectivity index (χ2v) is 6.69. The first kappa shape index (κ1) is 15.3. The summed E-state index contributed by atoms with van der Waals surface area (Å²) >= 11 is 0. The van der Waals surface area contributed by atoms with Crippen LogP contribution in [0.15, 0.2) is 0 Å². The van der Waals surface area contributed by atoms with Gasteiger partial charge >= 0.3 is 0 Å². The highest BCUT2D eigenvalue weighted by Gasteiger charge is 2.28. The van der Waals surface area contributed by atoms with E-state index in [1.807, 2.05) is 0 Å². The van der Waals surface area contributed by atoms with Crippen LogP contribution in [0.1, 0.15) is 46.0 Å². The van der Waals surface area contributed by atoms with Crippen molar-refractivity contribution >= 4 is 12.4 Å². The molecule has 2 aliphatic rings. The van der Waals surface area contributed by atoms with Crippen molar-refractivity contribution in [1.82, 2.24) is 10.2 Å². The van der Waals surface area contributed by atoms with Crippen LogP contribution in [0.25, 0.3) is 0 Å². The normalized spacial score (nSPS) is 29.3. The van der Waals surface area contributed by atoms with Crippen LogP contribution in [0.4, 0.5) is 0 Å². The summed E-state index contributed by atoms with van der Waals surface area (Å²) < 4.78 is 0. The first-order valence-corrected chi connectivity index (χ1v) is 6.98. The largest absolute Gasteiger partial charge is 0.315 e. The molecule has 1 N–H and O–H groups in total. The summed E-state index contributed by atoms with van der Waals surface area (Å²) in [6, 6.07) is 0.801. The zero-order chi connectivity index (χ0) is 11.6. The summed E-state index contributed by atoms with van der Waals surface area (Å²) in [5, 5.41) is 3.46. The molecule has 0 aromatic heterocycles. The van der Waals surface area contributed by atoms with Crippen LogP contribution < -0.4 is 5.32 Å². The molecule has 1 aliphatic carbocycles. The summed E-state index contributed by atoms with van der Waals surface area (Å²) in [5.74, 6) is 0.957. The number of hydrogen-bond donors (Lipinski definition) is 1. The highest BCUT2D eigenvalue weighted by molar-refractivity contribution is 5.85. The average Bonchev–Trinajstić information content (AvgIpc) is 2.74. The van der Waals surface area contributed by atoms with Gasteiger partial charge in [0, 0.05) is 19.1 Å². The van der Waals surface area contributed by atoms with Gasteiger partial charge in [0.25, 0.3) is 0 Å². The monoisotopic (exact) mass is 260 g/mol. The van der Waals surface area contributed by atoms with Crippen LogP contribution in [0, 0.1) is 11.3 Å². The van der Waals surface area contributed by atoms with Crippen molar-refractivity contribution < 1.29 is 0 Å². The Kier molecular flexibility index (Phi) is 5.75. The van der Waals surface area contributed by atoms with Crippen LogP contribution >= 0.6 is 12.4 Å². The van der Waals surface area contributed by atoms with E-state index in [4.69, 9.17) is 0 Å². The van der Waals surface area contributed by atoms with Gasteiger partial charge in [0.1, 0.15) is 0 Å². The number of rotatable bonds is 3. The lowest BCUT2D eigenvalue weighted by atomic mass is 9.73. The van der Waals surface area contributed by atoms with Gasteiger partial charge in [0.15, 0.2) is 0 Å². The Morgan fingerprint density at radius 3 is 2.35 bits per heavy atom. The Balaban J connectivity index is 0.00000144. The van der Waals surface area contributed by atoms with Crippen molar-refractivity contribution in [2.75, 3.05) is 26.7 Å². The third-order valence-corrected chi connectivity index (χ3v) is 4.66. The fourth-order valence-electron chi connectivity index (χ4n) is 3.21. The summed E-state index contributed by atoms with van der Waals surface area (Å²) in [6.45, 7) is 8.59. The van der Waals surface area contributed by atoms with E-state index in [9.17, 15) is 0 Å². The maximum Gasteiger partial charge on any atom is 0.0229 e. The Morgan fingerprint density at radius 1 is 1.18 bits per heavy atom. The summed E-state index contributed by atoms with van der Waals surface area (Å²) in [6.07, 6.45) is 7.08. The lowest BCUT2D eigenvalue weighted by Gasteiger charge is -2.37. The molecule has 1 saturated carbocycles. The Bertz CT molecular complexity index is 214. The van der Waals surface area contributed by atoms with Crippen molar-refractivity contribution in [2.24, 2.45) is 11.3 Å². The van der Waals surface area contributed by atoms with Crippen LogP contribution in [-0.2, 0) is 0 Å². The van der Waals surface area contributed by atoms with Gasteiger partial charge in [-0.1, -0.05) is 13.8 Å². The molecule has 0 aromatic rings. The average molecular weight is 261 g/mol. The van der Waals surface area contributed by atoms with Crippen LogP contribution in [0.2, 0.25) is 0 Å². The fraction of sp³-hybridized carbons (Fsp3) is 1.00. The molecule has 2 fully saturated rings. The van der Waals surface area contributed by atoms with E-state index < -0.39 is 0 Å². The number of likely N-dealkylation sites (N-methyl/N-ethyl adjacent to an activating group) is 1. The van der Waals surface area contributed by atoms with Crippen LogP contribution in [0.5, 0.6) is 0 Å². The summed E-state index contributed by atoms with van der Waals surface area (Å²) in [5.41, 5.74) is 0.615. The molecule has 1 heterocycles. The second kappa shape index (κ2) is 6.40. The van der Waals surface area contributed by atoms with Crippen LogP contribution in [0.3, 0.4) is 0 Å². The third kappa shape index (κ3) is 4.42. The minimum absolute atomic E-state index is 0. The van der Waals surface area contributed by atoms with E-state index in [2.05, 4.69) is 31.1 Å². The lowest BCUT2D eigenvalue weighted by molar-refractivity contribution is 0.139. The maximum atomic E-state index is 3.46. The van der Waals surface area contributed by atoms with Gasteiger partial charge < -0.3 is 10.2 Å². The van der Waals surface area contributed by atoms with E-state index in [1.165, 1.54) is 51.7 Å². The van der Waals surface area contributed by atoms with Gasteiger partial charge in [0.05, 0.1) is 0 Å². The fourth-order valence-corrected chi connectivity index (χ4v) is 3.21. The predicted molar refractivity (Wildman–Crippen MR) is 76.9 cm³/mol. The Morgan fingerprint density at radius 2 is 1.82 bits per heavy atom. The molecular formula is C14H29ClN2. The SMILES string of the molecule is CN(CC1CCC(C)(C)CC1)C1CCNC1.Cl. The number of halogens is 1. The maximum absolute atomic E-state index is 3.46. The van der Waals surface area contributed by atoms with Crippen molar-refractivity contribution in [1.29, 1.82) is 0 Å². The molecule has 0 bridgehead atoms. The van der Waals surface area contributed by atoms with Gasteiger partial charge in [0.2, 0.25) is 0 Å². The molecule has 17 heavy (non-hydrogen) atoms. The first-order chi connectivity index (χ1) is 7.57. The molecule has 3 heteroatoms. The van der Waals surface area contributed by atoms with Gasteiger partial charge in [-0.3, -0.25) is 0 Å². The summed E-state index contributed by atoms with van der Waals surface area (Å²) in [7, 11) is 2.32. The molecule has 2 rings (SSSR count). The zero-order valence-corrected chi connectivity index (χ0v) is 12.5. The highest BCUT2D eigenvalue weighted by Crippen LogP contribution is 2.38. The lowest BCUT2D eigenvalue weighted by Crippen LogP contribution is -2.38. The zero-order valence-electron chi connectivity index (χ0n) is 11.7. The van der Waals surface area contributed by atoms with Gasteiger partial charge in [-0.2, -0.15) is 0 Å². The molecule has 102 valence electrons. The molecule has 0 aromatic carbocycles. The van der Waals surface area contributed by atoms with E-state index in [0.717, 1.165) is 12.0 Å². The van der Waals surface area contributed by atoms with Crippen molar-refractivity contribution in [2.45, 2.75) is 52.0 Å². The molecule has 0 amide bonds. The predicted octanol–water partition coefficient (Wildman–Crippen LogP) is 2.92. The highest BCUT2D eigenvalue weighted by atomic mass is 35.5. The third-order valence-electron chi connectivity index (χ3n) is 4.66. The molecule has 1 unspecified atom stereocenters. The minimum Gasteiger partial charge on any atom is -0.315 e. The standard InChI is InChI=1S/C14H28N2.ClH/c1-14(2)7-4-12(5-8-14)11-16(3)13-6-9-15-10-13;/h12-13,15H,4-11H2,1-3H3;1H. The van der Waals surface area contributed by atoms with Gasteiger partial charge in [-0.15, -0.1) is 12.4 Å². The molecular weight excluding hydrogens is 232 g/mol. The second-order valence-electron chi connectivity index (χ2n) is 6.69. The quantitative estimate of drug-likeness (QED) is 0.840.